The highest BCUT2D eigenvalue weighted by atomic mass is 19.4. The SMILES string of the molecule is C[C@@H](O[C@H]1CCN(C(=O)[C@H]2CC[C@H](NC(=O)CN3C(=O)CNC3=O)CC2)C[C@H]1c1ccccc1)c1cc(C(F)(F)F)cc(C(F)(F)F)c1. The quantitative estimate of drug-likeness (QED) is 0.286. The van der Waals surface area contributed by atoms with Gasteiger partial charge in [-0.15, -0.1) is 0 Å². The fraction of sp³-hybridized carbons (Fsp3) is 0.515. The van der Waals surface area contributed by atoms with Crippen molar-refractivity contribution in [2.75, 3.05) is 26.2 Å². The van der Waals surface area contributed by atoms with E-state index in [0.29, 0.717) is 50.8 Å². The molecule has 3 atom stereocenters. The second-order valence-electron chi connectivity index (χ2n) is 12.5. The first-order valence-corrected chi connectivity index (χ1v) is 15.8. The molecule has 5 amide bonds. The van der Waals surface area contributed by atoms with Crippen molar-refractivity contribution in [3.63, 3.8) is 0 Å². The van der Waals surface area contributed by atoms with Crippen LogP contribution in [0.1, 0.15) is 73.3 Å². The van der Waals surface area contributed by atoms with Crippen LogP contribution in [0.15, 0.2) is 48.5 Å². The summed E-state index contributed by atoms with van der Waals surface area (Å²) in [4.78, 5) is 52.2. The number of carbonyl (C=O) groups excluding carboxylic acids is 4. The molecule has 3 aliphatic rings. The van der Waals surface area contributed by atoms with Crippen LogP contribution in [-0.4, -0.2) is 71.9 Å². The number of likely N-dealkylation sites (tertiary alicyclic amines) is 1. The molecule has 5 rings (SSSR count). The summed E-state index contributed by atoms with van der Waals surface area (Å²) in [5, 5.41) is 5.19. The van der Waals surface area contributed by atoms with Crippen LogP contribution in [0.2, 0.25) is 0 Å². The minimum absolute atomic E-state index is 0.0701. The van der Waals surface area contributed by atoms with Crippen LogP contribution in [0.4, 0.5) is 31.1 Å². The summed E-state index contributed by atoms with van der Waals surface area (Å²) in [5.41, 5.74) is -2.25. The number of rotatable bonds is 8. The van der Waals surface area contributed by atoms with E-state index < -0.39 is 53.5 Å². The number of hydrogen-bond acceptors (Lipinski definition) is 5. The molecular weight excluding hydrogens is 646 g/mol. The van der Waals surface area contributed by atoms with Gasteiger partial charge in [0.05, 0.1) is 29.9 Å². The standard InChI is InChI=1S/C33H36F6N4O5/c1-19(22-13-23(32(34,35)36)15-24(14-22)33(37,38)39)48-27-11-12-42(17-26(27)20-5-3-2-4-6-20)30(46)21-7-9-25(10-8-21)41-28(44)18-43-29(45)16-40-31(43)47/h2-6,13-15,19,21,25-27H,7-12,16-18H2,1H3,(H,40,47)(H,41,44)/t19-,21-,25-,26+,27+/m1/s1. The van der Waals surface area contributed by atoms with Gasteiger partial charge in [0.15, 0.2) is 0 Å². The number of piperidine rings is 1. The number of nitrogens with one attached hydrogen (secondary N) is 2. The summed E-state index contributed by atoms with van der Waals surface area (Å²) < 4.78 is 87.2. The van der Waals surface area contributed by atoms with Crippen molar-refractivity contribution in [3.8, 4) is 0 Å². The number of ether oxygens (including phenoxy) is 1. The van der Waals surface area contributed by atoms with E-state index in [2.05, 4.69) is 10.6 Å². The maximum Gasteiger partial charge on any atom is 0.416 e. The second-order valence-corrected chi connectivity index (χ2v) is 12.5. The molecule has 1 aliphatic carbocycles. The van der Waals surface area contributed by atoms with E-state index in [1.807, 2.05) is 18.2 Å². The number of halogens is 6. The Morgan fingerprint density at radius 3 is 2.12 bits per heavy atom. The summed E-state index contributed by atoms with van der Waals surface area (Å²) in [5.74, 6) is -1.70. The predicted octanol–water partition coefficient (Wildman–Crippen LogP) is 5.41. The molecule has 2 heterocycles. The van der Waals surface area contributed by atoms with Gasteiger partial charge in [-0.1, -0.05) is 30.3 Å². The maximum atomic E-state index is 13.7. The molecule has 2 aliphatic heterocycles. The Morgan fingerprint density at radius 1 is 0.938 bits per heavy atom. The number of alkyl halides is 6. The number of benzene rings is 2. The smallest absolute Gasteiger partial charge is 0.370 e. The minimum Gasteiger partial charge on any atom is -0.370 e. The van der Waals surface area contributed by atoms with Crippen LogP contribution < -0.4 is 10.6 Å². The lowest BCUT2D eigenvalue weighted by molar-refractivity contribution is -0.143. The number of urea groups is 1. The molecule has 15 heteroatoms. The third kappa shape index (κ3) is 8.28. The summed E-state index contributed by atoms with van der Waals surface area (Å²) in [6.07, 6.45) is -9.27. The monoisotopic (exact) mass is 682 g/mol. The van der Waals surface area contributed by atoms with Crippen LogP contribution in [0.25, 0.3) is 0 Å². The molecular formula is C33H36F6N4O5. The third-order valence-corrected chi connectivity index (χ3v) is 9.23. The third-order valence-electron chi connectivity index (χ3n) is 9.23. The number of hydrogen-bond donors (Lipinski definition) is 2. The predicted molar refractivity (Wildman–Crippen MR) is 159 cm³/mol. The average molecular weight is 683 g/mol. The molecule has 2 aromatic carbocycles. The molecule has 0 radical (unpaired) electrons. The van der Waals surface area contributed by atoms with Crippen LogP contribution in [0.3, 0.4) is 0 Å². The lowest BCUT2D eigenvalue weighted by Gasteiger charge is -2.42. The van der Waals surface area contributed by atoms with Gasteiger partial charge in [-0.25, -0.2) is 4.79 Å². The van der Waals surface area contributed by atoms with Crippen LogP contribution >= 0.6 is 0 Å². The van der Waals surface area contributed by atoms with E-state index in [9.17, 15) is 45.5 Å². The Kier molecular flexibility index (Phi) is 10.4. The van der Waals surface area contributed by atoms with E-state index in [0.717, 1.165) is 10.5 Å². The lowest BCUT2D eigenvalue weighted by Crippen LogP contribution is -2.49. The minimum atomic E-state index is -4.98. The van der Waals surface area contributed by atoms with Crippen molar-refractivity contribution >= 4 is 23.8 Å². The van der Waals surface area contributed by atoms with Gasteiger partial charge in [-0.2, -0.15) is 26.3 Å². The van der Waals surface area contributed by atoms with Gasteiger partial charge in [0.1, 0.15) is 6.54 Å². The highest BCUT2D eigenvalue weighted by molar-refractivity contribution is 6.04. The van der Waals surface area contributed by atoms with Crippen molar-refractivity contribution in [1.82, 2.24) is 20.4 Å². The first-order chi connectivity index (χ1) is 22.6. The zero-order valence-electron chi connectivity index (χ0n) is 26.1. The number of imide groups is 1. The van der Waals surface area contributed by atoms with Gasteiger partial charge in [-0.3, -0.25) is 19.3 Å². The molecule has 9 nitrogen and oxygen atoms in total. The summed E-state index contributed by atoms with van der Waals surface area (Å²) >= 11 is 0. The van der Waals surface area contributed by atoms with E-state index in [-0.39, 0.29) is 55.0 Å². The largest absolute Gasteiger partial charge is 0.416 e. The van der Waals surface area contributed by atoms with E-state index in [1.54, 1.807) is 17.0 Å². The molecule has 0 spiro atoms. The van der Waals surface area contributed by atoms with Gasteiger partial charge in [0.25, 0.3) is 5.91 Å². The Bertz CT molecular complexity index is 1460. The van der Waals surface area contributed by atoms with E-state index >= 15 is 0 Å². The zero-order chi connectivity index (χ0) is 34.8. The Balaban J connectivity index is 1.22. The maximum absolute atomic E-state index is 13.7. The first-order valence-electron chi connectivity index (χ1n) is 15.8. The van der Waals surface area contributed by atoms with Gasteiger partial charge in [-0.05, 0) is 68.4 Å². The van der Waals surface area contributed by atoms with Gasteiger partial charge >= 0.3 is 18.4 Å². The van der Waals surface area contributed by atoms with Gasteiger partial charge < -0.3 is 20.3 Å². The fourth-order valence-corrected chi connectivity index (χ4v) is 6.64. The molecule has 0 aromatic heterocycles. The normalized spacial score (nSPS) is 24.3. The first kappa shape index (κ1) is 35.2. The zero-order valence-corrected chi connectivity index (χ0v) is 26.1. The topological polar surface area (TPSA) is 108 Å². The van der Waals surface area contributed by atoms with Crippen molar-refractivity contribution in [3.05, 3.63) is 70.8 Å². The summed E-state index contributed by atoms with van der Waals surface area (Å²) in [6.45, 7) is 1.44. The van der Waals surface area contributed by atoms with Gasteiger partial charge in [0.2, 0.25) is 11.8 Å². The van der Waals surface area contributed by atoms with Crippen LogP contribution in [0.5, 0.6) is 0 Å². The van der Waals surface area contributed by atoms with Crippen molar-refractivity contribution in [2.45, 2.75) is 75.5 Å². The Morgan fingerprint density at radius 2 is 1.56 bits per heavy atom. The number of nitrogens with zero attached hydrogens (tertiary/aromatic N) is 2. The molecule has 260 valence electrons. The van der Waals surface area contributed by atoms with Crippen molar-refractivity contribution < 1.29 is 50.3 Å². The van der Waals surface area contributed by atoms with Crippen LogP contribution in [-0.2, 0) is 31.5 Å². The number of carbonyl (C=O) groups is 4. The van der Waals surface area contributed by atoms with Crippen molar-refractivity contribution in [2.24, 2.45) is 5.92 Å². The average Bonchev–Trinajstić information content (AvgIpc) is 3.36. The Labute approximate surface area is 273 Å². The molecule has 0 bridgehead atoms. The molecule has 1 saturated carbocycles. The second kappa shape index (κ2) is 14.1. The summed E-state index contributed by atoms with van der Waals surface area (Å²) in [7, 11) is 0. The molecule has 3 fully saturated rings. The highest BCUT2D eigenvalue weighted by Crippen LogP contribution is 2.40. The van der Waals surface area contributed by atoms with Crippen LogP contribution in [0, 0.1) is 5.92 Å². The van der Waals surface area contributed by atoms with Crippen molar-refractivity contribution in [1.29, 1.82) is 0 Å². The van der Waals surface area contributed by atoms with Gasteiger partial charge in [0, 0.05) is 31.0 Å². The molecule has 2 saturated heterocycles. The molecule has 48 heavy (non-hydrogen) atoms. The highest BCUT2D eigenvalue weighted by Gasteiger charge is 2.40. The molecule has 0 unspecified atom stereocenters. The molecule has 2 N–H and O–H groups in total. The Hall–Kier alpha value is -4.14. The number of amides is 5. The molecule has 2 aromatic rings. The fourth-order valence-electron chi connectivity index (χ4n) is 6.64. The lowest BCUT2D eigenvalue weighted by atomic mass is 9.83. The van der Waals surface area contributed by atoms with E-state index in [4.69, 9.17) is 4.74 Å². The summed E-state index contributed by atoms with van der Waals surface area (Å²) in [6, 6.07) is 9.73. The van der Waals surface area contributed by atoms with E-state index in [1.165, 1.54) is 6.92 Å².